The van der Waals surface area contributed by atoms with Gasteiger partial charge in [-0.25, -0.2) is 5.01 Å². The first kappa shape index (κ1) is 21.0. The summed E-state index contributed by atoms with van der Waals surface area (Å²) in [4.78, 5) is 12.9. The Kier molecular flexibility index (Phi) is 6.96. The molecule has 0 saturated heterocycles. The van der Waals surface area contributed by atoms with E-state index in [1.807, 2.05) is 78.9 Å². The number of amides is 1. The number of anilines is 1. The molecule has 0 bridgehead atoms. The molecule has 0 spiro atoms. The summed E-state index contributed by atoms with van der Waals surface area (Å²) in [5, 5.41) is 6.64. The molecule has 1 aliphatic rings. The van der Waals surface area contributed by atoms with Gasteiger partial charge >= 0.3 is 0 Å². The van der Waals surface area contributed by atoms with E-state index in [1.54, 1.807) is 0 Å². The molecule has 1 unspecified atom stereocenters. The van der Waals surface area contributed by atoms with Crippen molar-refractivity contribution in [2.45, 2.75) is 24.3 Å². The third-order valence-corrected chi connectivity index (χ3v) is 5.14. The van der Waals surface area contributed by atoms with Gasteiger partial charge in [-0.05, 0) is 41.5 Å². The van der Waals surface area contributed by atoms with Crippen molar-refractivity contribution in [2.24, 2.45) is 5.10 Å². The molecule has 3 aromatic carbocycles. The van der Waals surface area contributed by atoms with Crippen LogP contribution in [-0.4, -0.2) is 16.6 Å². The fourth-order valence-corrected chi connectivity index (χ4v) is 3.50. The molecule has 1 atom stereocenters. The molecule has 1 aliphatic heterocycles. The molecule has 148 valence electrons. The van der Waals surface area contributed by atoms with E-state index >= 15 is 0 Å². The topological polar surface area (TPSA) is 58.7 Å². The third-order valence-electron chi connectivity index (χ3n) is 4.50. The molecule has 0 aromatic heterocycles. The molecular weight excluding hydrogens is 402 g/mol. The van der Waals surface area contributed by atoms with Crippen LogP contribution in [0.15, 0.2) is 88.9 Å². The highest BCUT2D eigenvalue weighted by Crippen LogP contribution is 2.36. The SMILES string of the molecule is CC(=O)N1N=C(c2ccc(N)cc2)CC1c1ccccc1Cl.Sc1ccccc1. The van der Waals surface area contributed by atoms with Crippen LogP contribution in [0.3, 0.4) is 0 Å². The fraction of sp³-hybridized carbons (Fsp3) is 0.130. The van der Waals surface area contributed by atoms with Crippen molar-refractivity contribution in [1.29, 1.82) is 0 Å². The number of halogens is 1. The maximum atomic E-state index is 11.9. The smallest absolute Gasteiger partial charge is 0.240 e. The number of nitrogen functional groups attached to an aromatic ring is 1. The maximum absolute atomic E-state index is 11.9. The molecule has 3 aromatic rings. The average Bonchev–Trinajstić information content (AvgIpc) is 3.15. The Labute approximate surface area is 181 Å². The number of nitrogens with zero attached hydrogens (tertiary/aromatic N) is 2. The molecule has 1 amide bonds. The average molecular weight is 424 g/mol. The van der Waals surface area contributed by atoms with E-state index in [2.05, 4.69) is 17.7 Å². The summed E-state index contributed by atoms with van der Waals surface area (Å²) < 4.78 is 0. The van der Waals surface area contributed by atoms with Gasteiger partial charge in [-0.1, -0.05) is 60.1 Å². The zero-order chi connectivity index (χ0) is 20.8. The lowest BCUT2D eigenvalue weighted by Gasteiger charge is -2.21. The van der Waals surface area contributed by atoms with Crippen LogP contribution in [0.25, 0.3) is 0 Å². The number of thiol groups is 1. The van der Waals surface area contributed by atoms with Gasteiger partial charge in [0.15, 0.2) is 0 Å². The van der Waals surface area contributed by atoms with Gasteiger partial charge in [-0.15, -0.1) is 12.6 Å². The minimum absolute atomic E-state index is 0.102. The van der Waals surface area contributed by atoms with E-state index in [0.717, 1.165) is 21.7 Å². The number of hydrogen-bond donors (Lipinski definition) is 2. The number of rotatable bonds is 2. The van der Waals surface area contributed by atoms with Gasteiger partial charge in [-0.3, -0.25) is 4.79 Å². The predicted molar refractivity (Wildman–Crippen MR) is 122 cm³/mol. The van der Waals surface area contributed by atoms with Gasteiger partial charge in [-0.2, -0.15) is 5.10 Å². The van der Waals surface area contributed by atoms with E-state index in [1.165, 1.54) is 11.9 Å². The summed E-state index contributed by atoms with van der Waals surface area (Å²) in [5.41, 5.74) is 9.16. The van der Waals surface area contributed by atoms with Crippen LogP contribution in [-0.2, 0) is 4.79 Å². The standard InChI is InChI=1S/C17H16ClN3O.C6H6S/c1-11(22)21-17(14-4-2-3-5-15(14)18)10-16(20-21)12-6-8-13(19)9-7-12;7-6-4-2-1-3-5-6/h2-9,17H,10,19H2,1H3;1-5,7H. The number of hydrazone groups is 1. The summed E-state index contributed by atoms with van der Waals surface area (Å²) in [6.45, 7) is 1.51. The van der Waals surface area contributed by atoms with Crippen LogP contribution in [0.5, 0.6) is 0 Å². The summed E-state index contributed by atoms with van der Waals surface area (Å²) in [6, 6.07) is 24.7. The lowest BCUT2D eigenvalue weighted by atomic mass is 9.98. The Balaban J connectivity index is 0.000000290. The van der Waals surface area contributed by atoms with Crippen molar-refractivity contribution in [3.63, 3.8) is 0 Å². The molecule has 1 heterocycles. The van der Waals surface area contributed by atoms with Gasteiger partial charge in [0.1, 0.15) is 0 Å². The van der Waals surface area contributed by atoms with Crippen LogP contribution in [0.1, 0.15) is 30.5 Å². The lowest BCUT2D eigenvalue weighted by Crippen LogP contribution is -2.24. The molecule has 2 N–H and O–H groups in total. The van der Waals surface area contributed by atoms with Gasteiger partial charge < -0.3 is 5.73 Å². The number of hydrogen-bond acceptors (Lipinski definition) is 4. The Hall–Kier alpha value is -2.76. The largest absolute Gasteiger partial charge is 0.399 e. The van der Waals surface area contributed by atoms with Crippen LogP contribution in [0.4, 0.5) is 5.69 Å². The van der Waals surface area contributed by atoms with E-state index in [4.69, 9.17) is 17.3 Å². The van der Waals surface area contributed by atoms with Crippen molar-refractivity contribution >= 4 is 41.5 Å². The van der Waals surface area contributed by atoms with Crippen LogP contribution < -0.4 is 5.73 Å². The second-order valence-corrected chi connectivity index (χ2v) is 7.53. The first-order valence-corrected chi connectivity index (χ1v) is 10.00. The molecule has 4 rings (SSSR count). The fourth-order valence-electron chi connectivity index (χ4n) is 3.07. The molecule has 6 heteroatoms. The molecule has 0 saturated carbocycles. The Morgan fingerprint density at radius 3 is 2.21 bits per heavy atom. The van der Waals surface area contributed by atoms with Crippen molar-refractivity contribution in [3.05, 3.63) is 95.0 Å². The minimum Gasteiger partial charge on any atom is -0.399 e. The van der Waals surface area contributed by atoms with E-state index in [0.29, 0.717) is 17.1 Å². The van der Waals surface area contributed by atoms with Crippen LogP contribution in [0.2, 0.25) is 5.02 Å². The number of benzene rings is 3. The summed E-state index contributed by atoms with van der Waals surface area (Å²) in [5.74, 6) is -0.102. The second-order valence-electron chi connectivity index (χ2n) is 6.61. The predicted octanol–water partition coefficient (Wildman–Crippen LogP) is 5.60. The van der Waals surface area contributed by atoms with Gasteiger partial charge in [0.25, 0.3) is 0 Å². The second kappa shape index (κ2) is 9.63. The first-order chi connectivity index (χ1) is 14.0. The quantitative estimate of drug-likeness (QED) is 0.416. The summed E-state index contributed by atoms with van der Waals surface area (Å²) in [7, 11) is 0. The highest BCUT2D eigenvalue weighted by molar-refractivity contribution is 7.80. The molecule has 0 aliphatic carbocycles. The highest BCUT2D eigenvalue weighted by Gasteiger charge is 2.32. The maximum Gasteiger partial charge on any atom is 0.240 e. The third kappa shape index (κ3) is 5.40. The molecule has 4 nitrogen and oxygen atoms in total. The minimum atomic E-state index is -0.168. The molecular formula is C23H22ClN3OS. The monoisotopic (exact) mass is 423 g/mol. The molecule has 29 heavy (non-hydrogen) atoms. The molecule has 0 radical (unpaired) electrons. The Morgan fingerprint density at radius 2 is 1.66 bits per heavy atom. The van der Waals surface area contributed by atoms with Crippen LogP contribution >= 0.6 is 24.2 Å². The van der Waals surface area contributed by atoms with Crippen LogP contribution in [0, 0.1) is 0 Å². The summed E-state index contributed by atoms with van der Waals surface area (Å²) in [6.07, 6.45) is 0.632. The highest BCUT2D eigenvalue weighted by atomic mass is 35.5. The normalized spacial score (nSPS) is 15.3. The molecule has 0 fully saturated rings. The lowest BCUT2D eigenvalue weighted by molar-refractivity contribution is -0.130. The Morgan fingerprint density at radius 1 is 1.03 bits per heavy atom. The van der Waals surface area contributed by atoms with E-state index in [-0.39, 0.29) is 11.9 Å². The van der Waals surface area contributed by atoms with E-state index < -0.39 is 0 Å². The zero-order valence-electron chi connectivity index (χ0n) is 16.0. The van der Waals surface area contributed by atoms with Crippen molar-refractivity contribution in [1.82, 2.24) is 5.01 Å². The van der Waals surface area contributed by atoms with E-state index in [9.17, 15) is 4.79 Å². The van der Waals surface area contributed by atoms with Crippen molar-refractivity contribution in [3.8, 4) is 0 Å². The van der Waals surface area contributed by atoms with Crippen molar-refractivity contribution in [2.75, 3.05) is 5.73 Å². The Bertz CT molecular complexity index is 1010. The first-order valence-electron chi connectivity index (χ1n) is 9.17. The number of carbonyl (C=O) groups excluding carboxylic acids is 1. The summed E-state index contributed by atoms with van der Waals surface area (Å²) >= 11 is 10.4. The number of carbonyl (C=O) groups is 1. The number of nitrogens with two attached hydrogens (primary N) is 1. The zero-order valence-corrected chi connectivity index (χ0v) is 17.6. The van der Waals surface area contributed by atoms with Crippen molar-refractivity contribution < 1.29 is 4.79 Å². The van der Waals surface area contributed by atoms with Gasteiger partial charge in [0, 0.05) is 29.0 Å². The van der Waals surface area contributed by atoms with Gasteiger partial charge in [0.05, 0.1) is 11.8 Å². The van der Waals surface area contributed by atoms with Gasteiger partial charge in [0.2, 0.25) is 5.91 Å².